The molecule has 0 fully saturated rings. The van der Waals surface area contributed by atoms with E-state index < -0.39 is 11.8 Å². The van der Waals surface area contributed by atoms with Crippen LogP contribution in [0.15, 0.2) is 18.2 Å². The van der Waals surface area contributed by atoms with E-state index in [2.05, 4.69) is 0 Å². The van der Waals surface area contributed by atoms with Crippen molar-refractivity contribution < 1.29 is 19.0 Å². The summed E-state index contributed by atoms with van der Waals surface area (Å²) in [5.74, 6) is -0.848. The Hall–Kier alpha value is -1.29. The van der Waals surface area contributed by atoms with E-state index in [4.69, 9.17) is 21.4 Å². The second kappa shape index (κ2) is 6.59. The van der Waals surface area contributed by atoms with Crippen LogP contribution in [0.5, 0.6) is 5.75 Å². The van der Waals surface area contributed by atoms with Gasteiger partial charge in [0.15, 0.2) is 0 Å². The lowest BCUT2D eigenvalue weighted by molar-refractivity contribution is -0.138. The molecule has 0 aliphatic carbocycles. The summed E-state index contributed by atoms with van der Waals surface area (Å²) in [6.45, 7) is 4.11. The molecule has 0 saturated heterocycles. The third-order valence-electron chi connectivity index (χ3n) is 2.73. The number of carboxylic acids is 1. The molecule has 5 heteroatoms. The molecule has 0 aliphatic heterocycles. The van der Waals surface area contributed by atoms with E-state index in [0.29, 0.717) is 5.75 Å². The Bertz CT molecular complexity index is 421. The van der Waals surface area contributed by atoms with Crippen molar-refractivity contribution in [3.8, 4) is 5.75 Å². The summed E-state index contributed by atoms with van der Waals surface area (Å²) in [5, 5.41) is 8.98. The second-order valence-corrected chi connectivity index (χ2v) is 4.89. The van der Waals surface area contributed by atoms with Gasteiger partial charge in [0.05, 0.1) is 18.1 Å². The monoisotopic (exact) mass is 274 g/mol. The van der Waals surface area contributed by atoms with Crippen LogP contribution < -0.4 is 4.74 Å². The highest BCUT2D eigenvalue weighted by atomic mass is 35.5. The van der Waals surface area contributed by atoms with Gasteiger partial charge in [-0.05, 0) is 24.1 Å². The van der Waals surface area contributed by atoms with Crippen molar-refractivity contribution in [2.45, 2.75) is 20.3 Å². The lowest BCUT2D eigenvalue weighted by Gasteiger charge is -2.19. The molecule has 0 heterocycles. The number of hydrogen-bond acceptors (Lipinski definition) is 2. The van der Waals surface area contributed by atoms with Gasteiger partial charge in [-0.2, -0.15) is 0 Å². The topological polar surface area (TPSA) is 46.5 Å². The summed E-state index contributed by atoms with van der Waals surface area (Å²) in [4.78, 5) is 10.7. The molecule has 1 rings (SSSR count). The van der Waals surface area contributed by atoms with Crippen molar-refractivity contribution in [2.24, 2.45) is 11.8 Å². The van der Waals surface area contributed by atoms with Crippen molar-refractivity contribution >= 4 is 17.6 Å². The van der Waals surface area contributed by atoms with Crippen molar-refractivity contribution in [3.63, 3.8) is 0 Å². The molecule has 0 spiro atoms. The van der Waals surface area contributed by atoms with E-state index in [0.717, 1.165) is 0 Å². The quantitative estimate of drug-likeness (QED) is 0.862. The first-order valence-corrected chi connectivity index (χ1v) is 6.07. The molecule has 0 saturated carbocycles. The molecular weight excluding hydrogens is 259 g/mol. The summed E-state index contributed by atoms with van der Waals surface area (Å²) in [6.07, 6.45) is 0.0382. The third-order valence-corrected chi connectivity index (χ3v) is 3.02. The fraction of sp³-hybridized carbons (Fsp3) is 0.462. The lowest BCUT2D eigenvalue weighted by atomic mass is 9.93. The van der Waals surface area contributed by atoms with Gasteiger partial charge in [-0.1, -0.05) is 25.4 Å². The van der Waals surface area contributed by atoms with Gasteiger partial charge in [0.2, 0.25) is 0 Å². The Balaban J connectivity index is 2.64. The maximum atomic E-state index is 12.8. The SMILES string of the molecule is CC(C)C(COc1ccc(F)cc1Cl)CC(=O)O. The summed E-state index contributed by atoms with van der Waals surface area (Å²) in [7, 11) is 0. The highest BCUT2D eigenvalue weighted by Crippen LogP contribution is 2.26. The predicted molar refractivity (Wildman–Crippen MR) is 67.5 cm³/mol. The number of hydrogen-bond donors (Lipinski definition) is 1. The van der Waals surface area contributed by atoms with E-state index in [9.17, 15) is 9.18 Å². The van der Waals surface area contributed by atoms with Crippen molar-refractivity contribution in [3.05, 3.63) is 29.0 Å². The average Bonchev–Trinajstić information content (AvgIpc) is 2.25. The highest BCUT2D eigenvalue weighted by Gasteiger charge is 2.18. The van der Waals surface area contributed by atoms with Gasteiger partial charge in [0.1, 0.15) is 11.6 Å². The Morgan fingerprint density at radius 3 is 2.67 bits per heavy atom. The Morgan fingerprint density at radius 1 is 1.50 bits per heavy atom. The van der Waals surface area contributed by atoms with Gasteiger partial charge >= 0.3 is 5.97 Å². The molecular formula is C13H16ClFO3. The first-order chi connectivity index (χ1) is 8.40. The molecule has 1 N–H and O–H groups in total. The van der Waals surface area contributed by atoms with Gasteiger partial charge in [0.25, 0.3) is 0 Å². The molecule has 0 bridgehead atoms. The van der Waals surface area contributed by atoms with Gasteiger partial charge in [0, 0.05) is 5.92 Å². The minimum atomic E-state index is -0.859. The van der Waals surface area contributed by atoms with Crippen LogP contribution in [0.2, 0.25) is 5.02 Å². The Kier molecular flexibility index (Phi) is 5.41. The fourth-order valence-electron chi connectivity index (χ4n) is 1.50. The van der Waals surface area contributed by atoms with Crippen molar-refractivity contribution in [1.29, 1.82) is 0 Å². The van der Waals surface area contributed by atoms with E-state index in [1.54, 1.807) is 0 Å². The third kappa shape index (κ3) is 4.53. The highest BCUT2D eigenvalue weighted by molar-refractivity contribution is 6.32. The zero-order chi connectivity index (χ0) is 13.7. The summed E-state index contributed by atoms with van der Waals surface area (Å²) in [6, 6.07) is 3.86. The van der Waals surface area contributed by atoms with Crippen LogP contribution in [0.25, 0.3) is 0 Å². The molecule has 18 heavy (non-hydrogen) atoms. The predicted octanol–water partition coefficient (Wildman–Crippen LogP) is 3.60. The normalized spacial score (nSPS) is 12.5. The summed E-state index contributed by atoms with van der Waals surface area (Å²) >= 11 is 5.82. The lowest BCUT2D eigenvalue weighted by Crippen LogP contribution is -2.21. The zero-order valence-corrected chi connectivity index (χ0v) is 11.1. The molecule has 0 aromatic heterocycles. The van der Waals surface area contributed by atoms with Gasteiger partial charge in [-0.3, -0.25) is 4.79 Å². The number of rotatable bonds is 6. The molecule has 1 aromatic carbocycles. The number of ether oxygens (including phenoxy) is 1. The maximum absolute atomic E-state index is 12.8. The number of carbonyl (C=O) groups is 1. The molecule has 3 nitrogen and oxygen atoms in total. The smallest absolute Gasteiger partial charge is 0.303 e. The molecule has 0 amide bonds. The molecule has 0 aliphatic rings. The Labute approximate surface area is 111 Å². The van der Waals surface area contributed by atoms with E-state index in [-0.39, 0.29) is 29.9 Å². The minimum absolute atomic E-state index is 0.0382. The maximum Gasteiger partial charge on any atom is 0.303 e. The second-order valence-electron chi connectivity index (χ2n) is 4.49. The van der Waals surface area contributed by atoms with Crippen LogP contribution in [0.1, 0.15) is 20.3 Å². The standard InChI is InChI=1S/C13H16ClFO3/c1-8(2)9(5-13(16)17)7-18-12-4-3-10(15)6-11(12)14/h3-4,6,8-9H,5,7H2,1-2H3,(H,16,17). The molecule has 0 radical (unpaired) electrons. The molecule has 1 unspecified atom stereocenters. The fourth-order valence-corrected chi connectivity index (χ4v) is 1.72. The van der Waals surface area contributed by atoms with E-state index in [1.807, 2.05) is 13.8 Å². The van der Waals surface area contributed by atoms with E-state index >= 15 is 0 Å². The summed E-state index contributed by atoms with van der Waals surface area (Å²) < 4.78 is 18.3. The Morgan fingerprint density at radius 2 is 2.17 bits per heavy atom. The average molecular weight is 275 g/mol. The first-order valence-electron chi connectivity index (χ1n) is 5.69. The molecule has 1 atom stereocenters. The first kappa shape index (κ1) is 14.8. The molecule has 1 aromatic rings. The minimum Gasteiger partial charge on any atom is -0.492 e. The van der Waals surface area contributed by atoms with Crippen LogP contribution in [-0.2, 0) is 4.79 Å². The van der Waals surface area contributed by atoms with Gasteiger partial charge in [-0.15, -0.1) is 0 Å². The molecule has 100 valence electrons. The van der Waals surface area contributed by atoms with Crippen LogP contribution >= 0.6 is 11.6 Å². The van der Waals surface area contributed by atoms with E-state index in [1.165, 1.54) is 18.2 Å². The van der Waals surface area contributed by atoms with Crippen molar-refractivity contribution in [1.82, 2.24) is 0 Å². The van der Waals surface area contributed by atoms with Gasteiger partial charge in [-0.25, -0.2) is 4.39 Å². The van der Waals surface area contributed by atoms with Crippen LogP contribution in [0.4, 0.5) is 4.39 Å². The van der Waals surface area contributed by atoms with Crippen LogP contribution in [0, 0.1) is 17.7 Å². The number of benzene rings is 1. The summed E-state index contributed by atoms with van der Waals surface area (Å²) in [5.41, 5.74) is 0. The van der Waals surface area contributed by atoms with Crippen LogP contribution in [-0.4, -0.2) is 17.7 Å². The zero-order valence-electron chi connectivity index (χ0n) is 10.3. The number of halogens is 2. The van der Waals surface area contributed by atoms with Gasteiger partial charge < -0.3 is 9.84 Å². The largest absolute Gasteiger partial charge is 0.492 e. The van der Waals surface area contributed by atoms with Crippen LogP contribution in [0.3, 0.4) is 0 Å². The van der Waals surface area contributed by atoms with Crippen molar-refractivity contribution in [2.75, 3.05) is 6.61 Å². The number of carboxylic acid groups (broad SMARTS) is 1. The number of aliphatic carboxylic acids is 1.